The Hall–Kier alpha value is -4.12. The van der Waals surface area contributed by atoms with Gasteiger partial charge in [0.15, 0.2) is 5.82 Å². The molecule has 0 aliphatic carbocycles. The normalized spacial score (nSPS) is 10.9. The minimum absolute atomic E-state index is 0.115. The van der Waals surface area contributed by atoms with Gasteiger partial charge in [0.25, 0.3) is 0 Å². The number of rotatable bonds is 6. The number of anilines is 1. The van der Waals surface area contributed by atoms with Gasteiger partial charge in [-0.05, 0) is 29.3 Å². The van der Waals surface area contributed by atoms with Gasteiger partial charge in [0.2, 0.25) is 5.91 Å². The minimum Gasteiger partial charge on any atom is -0.309 e. The molecule has 4 rings (SSSR count). The van der Waals surface area contributed by atoms with Gasteiger partial charge in [-0.3, -0.25) is 4.79 Å². The van der Waals surface area contributed by atoms with E-state index in [0.29, 0.717) is 22.8 Å². The molecule has 0 aliphatic rings. The molecule has 0 spiro atoms. The van der Waals surface area contributed by atoms with E-state index in [1.807, 2.05) is 72.8 Å². The predicted octanol–water partition coefficient (Wildman–Crippen LogP) is 5.63. The maximum absolute atomic E-state index is 13.1. The first-order chi connectivity index (χ1) is 15.2. The van der Waals surface area contributed by atoms with Crippen LogP contribution in [0.15, 0.2) is 91.1 Å². The number of aromatic nitrogens is 2. The van der Waals surface area contributed by atoms with E-state index >= 15 is 0 Å². The van der Waals surface area contributed by atoms with Crippen molar-refractivity contribution in [3.05, 3.63) is 114 Å². The first-order valence-electron chi connectivity index (χ1n) is 9.87. The zero-order valence-electron chi connectivity index (χ0n) is 16.7. The first-order valence-corrected chi connectivity index (χ1v) is 9.87. The minimum atomic E-state index is -0.333. The molecule has 4 aromatic rings. The van der Waals surface area contributed by atoms with E-state index in [4.69, 9.17) is 4.98 Å². The first kappa shape index (κ1) is 20.2. The molecular formula is C26H20FN3O. The van der Waals surface area contributed by atoms with E-state index in [0.717, 1.165) is 11.1 Å². The SMILES string of the molecule is O=C(Cc1ccc(F)cc1)Nc1ncc(-c2ccccc2)nc1C=Cc1ccccc1. The third-order valence-corrected chi connectivity index (χ3v) is 4.64. The average molecular weight is 409 g/mol. The van der Waals surface area contributed by atoms with E-state index in [-0.39, 0.29) is 18.1 Å². The third kappa shape index (κ3) is 5.48. The molecule has 1 amide bonds. The lowest BCUT2D eigenvalue weighted by atomic mass is 10.1. The Morgan fingerprint density at radius 3 is 2.26 bits per heavy atom. The molecule has 0 radical (unpaired) electrons. The van der Waals surface area contributed by atoms with Crippen molar-refractivity contribution in [2.24, 2.45) is 0 Å². The molecule has 1 heterocycles. The zero-order valence-corrected chi connectivity index (χ0v) is 16.7. The molecule has 4 nitrogen and oxygen atoms in total. The molecule has 1 N–H and O–H groups in total. The highest BCUT2D eigenvalue weighted by atomic mass is 19.1. The lowest BCUT2D eigenvalue weighted by molar-refractivity contribution is -0.115. The van der Waals surface area contributed by atoms with Crippen LogP contribution in [0.25, 0.3) is 23.4 Å². The second kappa shape index (κ2) is 9.59. The molecule has 0 unspecified atom stereocenters. The molecule has 0 aliphatic heterocycles. The Kier molecular flexibility index (Phi) is 6.24. The lowest BCUT2D eigenvalue weighted by Crippen LogP contribution is -2.16. The monoisotopic (exact) mass is 409 g/mol. The largest absolute Gasteiger partial charge is 0.309 e. The van der Waals surface area contributed by atoms with Gasteiger partial charge in [0.05, 0.1) is 18.3 Å². The number of halogens is 1. The van der Waals surface area contributed by atoms with Gasteiger partial charge in [-0.2, -0.15) is 0 Å². The zero-order chi connectivity index (χ0) is 21.5. The Bertz CT molecular complexity index is 1190. The van der Waals surface area contributed by atoms with Crippen LogP contribution in [-0.4, -0.2) is 15.9 Å². The number of benzene rings is 3. The summed E-state index contributed by atoms with van der Waals surface area (Å²) in [5.74, 6) is -0.207. The van der Waals surface area contributed by atoms with Gasteiger partial charge >= 0.3 is 0 Å². The Labute approximate surface area is 180 Å². The molecule has 31 heavy (non-hydrogen) atoms. The van der Waals surface area contributed by atoms with Crippen molar-refractivity contribution in [2.75, 3.05) is 5.32 Å². The van der Waals surface area contributed by atoms with Crippen LogP contribution in [0.3, 0.4) is 0 Å². The number of nitrogens with zero attached hydrogens (tertiary/aromatic N) is 2. The standard InChI is InChI=1S/C26H20FN3O/c27-22-14-11-20(12-15-22)17-25(31)30-26-23(16-13-19-7-3-1-4-8-19)29-24(18-28-26)21-9-5-2-6-10-21/h1-16,18H,17H2,(H,28,30,31). The fourth-order valence-electron chi connectivity index (χ4n) is 3.07. The maximum atomic E-state index is 13.1. The second-order valence-corrected chi connectivity index (χ2v) is 6.95. The number of hydrogen-bond donors (Lipinski definition) is 1. The molecule has 0 fully saturated rings. The summed E-state index contributed by atoms with van der Waals surface area (Å²) < 4.78 is 13.1. The summed E-state index contributed by atoms with van der Waals surface area (Å²) >= 11 is 0. The summed E-state index contributed by atoms with van der Waals surface area (Å²) in [6.07, 6.45) is 5.52. The maximum Gasteiger partial charge on any atom is 0.230 e. The van der Waals surface area contributed by atoms with Crippen molar-refractivity contribution in [3.8, 4) is 11.3 Å². The van der Waals surface area contributed by atoms with E-state index in [1.54, 1.807) is 18.3 Å². The molecule has 1 aromatic heterocycles. The van der Waals surface area contributed by atoms with Crippen LogP contribution in [-0.2, 0) is 11.2 Å². The summed E-state index contributed by atoms with van der Waals surface area (Å²) in [5, 5.41) is 2.83. The van der Waals surface area contributed by atoms with Crippen molar-refractivity contribution >= 4 is 23.9 Å². The summed E-state index contributed by atoms with van der Waals surface area (Å²) in [6, 6.07) is 25.4. The van der Waals surface area contributed by atoms with Crippen molar-refractivity contribution in [1.82, 2.24) is 9.97 Å². The molecule has 5 heteroatoms. The van der Waals surface area contributed by atoms with Gasteiger partial charge in [-0.15, -0.1) is 0 Å². The molecule has 0 saturated carbocycles. The summed E-state index contributed by atoms with van der Waals surface area (Å²) in [5.41, 5.74) is 3.93. The molecule has 0 saturated heterocycles. The van der Waals surface area contributed by atoms with Crippen LogP contribution in [0.4, 0.5) is 10.2 Å². The van der Waals surface area contributed by atoms with Crippen LogP contribution < -0.4 is 5.32 Å². The number of carbonyl (C=O) groups excluding carboxylic acids is 1. The van der Waals surface area contributed by atoms with Crippen LogP contribution in [0.1, 0.15) is 16.8 Å². The highest BCUT2D eigenvalue weighted by molar-refractivity contribution is 5.93. The van der Waals surface area contributed by atoms with E-state index in [9.17, 15) is 9.18 Å². The number of amides is 1. The number of carbonyl (C=O) groups is 1. The summed E-state index contributed by atoms with van der Waals surface area (Å²) in [4.78, 5) is 21.7. The molecule has 152 valence electrons. The van der Waals surface area contributed by atoms with Crippen molar-refractivity contribution < 1.29 is 9.18 Å². The molecular weight excluding hydrogens is 389 g/mol. The number of nitrogens with one attached hydrogen (secondary N) is 1. The van der Waals surface area contributed by atoms with Crippen molar-refractivity contribution in [1.29, 1.82) is 0 Å². The highest BCUT2D eigenvalue weighted by Crippen LogP contribution is 2.21. The quantitative estimate of drug-likeness (QED) is 0.449. The lowest BCUT2D eigenvalue weighted by Gasteiger charge is -2.09. The van der Waals surface area contributed by atoms with E-state index < -0.39 is 0 Å². The van der Waals surface area contributed by atoms with Crippen LogP contribution in [0.2, 0.25) is 0 Å². The fraction of sp³-hybridized carbons (Fsp3) is 0.0385. The van der Waals surface area contributed by atoms with Gasteiger partial charge in [0, 0.05) is 5.56 Å². The van der Waals surface area contributed by atoms with E-state index in [2.05, 4.69) is 10.3 Å². The van der Waals surface area contributed by atoms with Crippen molar-refractivity contribution in [3.63, 3.8) is 0 Å². The van der Waals surface area contributed by atoms with E-state index in [1.165, 1.54) is 12.1 Å². The number of hydrogen-bond acceptors (Lipinski definition) is 3. The average Bonchev–Trinajstić information content (AvgIpc) is 2.81. The van der Waals surface area contributed by atoms with Crippen LogP contribution in [0, 0.1) is 5.82 Å². The van der Waals surface area contributed by atoms with Crippen molar-refractivity contribution in [2.45, 2.75) is 6.42 Å². The Morgan fingerprint density at radius 2 is 1.55 bits per heavy atom. The summed E-state index contributed by atoms with van der Waals surface area (Å²) in [6.45, 7) is 0. The topological polar surface area (TPSA) is 54.9 Å². The van der Waals surface area contributed by atoms with Crippen LogP contribution >= 0.6 is 0 Å². The van der Waals surface area contributed by atoms with Gasteiger partial charge in [-0.25, -0.2) is 14.4 Å². The second-order valence-electron chi connectivity index (χ2n) is 6.95. The van der Waals surface area contributed by atoms with Gasteiger partial charge in [0.1, 0.15) is 11.5 Å². The highest BCUT2D eigenvalue weighted by Gasteiger charge is 2.11. The van der Waals surface area contributed by atoms with Crippen LogP contribution in [0.5, 0.6) is 0 Å². The fourth-order valence-corrected chi connectivity index (χ4v) is 3.07. The predicted molar refractivity (Wildman–Crippen MR) is 122 cm³/mol. The van der Waals surface area contributed by atoms with Gasteiger partial charge in [-0.1, -0.05) is 78.9 Å². The molecule has 0 bridgehead atoms. The smallest absolute Gasteiger partial charge is 0.230 e. The third-order valence-electron chi connectivity index (χ3n) is 4.64. The molecule has 0 atom stereocenters. The van der Waals surface area contributed by atoms with Gasteiger partial charge < -0.3 is 5.32 Å². The Balaban J connectivity index is 1.61. The summed E-state index contributed by atoms with van der Waals surface area (Å²) in [7, 11) is 0. The Morgan fingerprint density at radius 1 is 0.871 bits per heavy atom. The molecule has 3 aromatic carbocycles.